The molecule has 2 aromatic heterocycles. The van der Waals surface area contributed by atoms with Crippen LogP contribution in [0.2, 0.25) is 0 Å². The van der Waals surface area contributed by atoms with Crippen molar-refractivity contribution in [1.29, 1.82) is 0 Å². The van der Waals surface area contributed by atoms with Crippen LogP contribution in [0.15, 0.2) is 30.5 Å². The van der Waals surface area contributed by atoms with Crippen molar-refractivity contribution in [1.82, 2.24) is 15.3 Å². The molecule has 0 amide bonds. The molecule has 6 rings (SSSR count). The zero-order chi connectivity index (χ0) is 20.2. The average Bonchev–Trinajstić information content (AvgIpc) is 3.55. The number of nitrogens with one attached hydrogen (secondary N) is 2. The zero-order valence-corrected chi connectivity index (χ0v) is 16.5. The fourth-order valence-corrected chi connectivity index (χ4v) is 5.18. The molecule has 30 heavy (non-hydrogen) atoms. The Morgan fingerprint density at radius 2 is 2.03 bits per heavy atom. The van der Waals surface area contributed by atoms with Gasteiger partial charge in [-0.1, -0.05) is 0 Å². The minimum Gasteiger partial charge on any atom is -0.374 e. The number of morpholine rings is 1. The van der Waals surface area contributed by atoms with Gasteiger partial charge in [0.1, 0.15) is 17.5 Å². The summed E-state index contributed by atoms with van der Waals surface area (Å²) in [5.74, 6) is 2.12. The fourth-order valence-electron chi connectivity index (χ4n) is 5.18. The van der Waals surface area contributed by atoms with E-state index in [2.05, 4.69) is 31.5 Å². The van der Waals surface area contributed by atoms with Crippen LogP contribution in [0.4, 0.5) is 31.9 Å². The molecule has 4 unspecified atom stereocenters. The number of fused-ring (bicyclic) bond motifs is 4. The summed E-state index contributed by atoms with van der Waals surface area (Å²) >= 11 is 0. The number of hydrogen-bond donors (Lipinski definition) is 2. The first kappa shape index (κ1) is 18.3. The van der Waals surface area contributed by atoms with Crippen molar-refractivity contribution in [3.05, 3.63) is 36.0 Å². The number of aromatic nitrogens is 2. The van der Waals surface area contributed by atoms with E-state index in [4.69, 9.17) is 9.72 Å². The minimum atomic E-state index is -2.52. The second-order valence-electron chi connectivity index (χ2n) is 8.62. The Hall–Kier alpha value is -2.52. The van der Waals surface area contributed by atoms with E-state index in [9.17, 15) is 8.78 Å². The van der Waals surface area contributed by atoms with Crippen LogP contribution in [0.1, 0.15) is 24.8 Å². The molecule has 4 aliphatic rings. The molecule has 0 saturated carbocycles. The van der Waals surface area contributed by atoms with Gasteiger partial charge in [0, 0.05) is 61.3 Å². The van der Waals surface area contributed by atoms with Gasteiger partial charge in [-0.05, 0) is 25.0 Å². The molecule has 7 nitrogen and oxygen atoms in total. The topological polar surface area (TPSA) is 65.5 Å². The molecule has 4 fully saturated rings. The van der Waals surface area contributed by atoms with Crippen LogP contribution in [0, 0.1) is 0 Å². The number of halogens is 2. The number of anilines is 4. The second-order valence-corrected chi connectivity index (χ2v) is 8.62. The van der Waals surface area contributed by atoms with Gasteiger partial charge in [0.05, 0.1) is 18.8 Å². The number of ether oxygens (including phenoxy) is 1. The van der Waals surface area contributed by atoms with Crippen molar-refractivity contribution in [3.8, 4) is 0 Å². The van der Waals surface area contributed by atoms with Gasteiger partial charge in [-0.15, -0.1) is 0 Å². The van der Waals surface area contributed by atoms with E-state index < -0.39 is 6.43 Å². The lowest BCUT2D eigenvalue weighted by Gasteiger charge is -2.32. The van der Waals surface area contributed by atoms with Gasteiger partial charge in [0.25, 0.3) is 6.43 Å². The molecule has 0 spiro atoms. The van der Waals surface area contributed by atoms with Crippen molar-refractivity contribution in [2.75, 3.05) is 41.4 Å². The largest absolute Gasteiger partial charge is 0.374 e. The molecule has 158 valence electrons. The highest BCUT2D eigenvalue weighted by molar-refractivity contribution is 5.67. The molecule has 2 N–H and O–H groups in total. The summed E-state index contributed by atoms with van der Waals surface area (Å²) < 4.78 is 31.4. The summed E-state index contributed by atoms with van der Waals surface area (Å²) in [4.78, 5) is 13.8. The molecule has 4 saturated heterocycles. The zero-order valence-electron chi connectivity index (χ0n) is 16.5. The van der Waals surface area contributed by atoms with Crippen LogP contribution in [0.5, 0.6) is 0 Å². The Morgan fingerprint density at radius 3 is 2.67 bits per heavy atom. The highest BCUT2D eigenvalue weighted by atomic mass is 19.3. The van der Waals surface area contributed by atoms with Crippen LogP contribution in [0.3, 0.4) is 0 Å². The monoisotopic (exact) mass is 414 g/mol. The SMILES string of the molecule is FC(F)c1ccc(Nc2cc(N3CC4CC3CN4)cc(N3CC4CC3CO4)n2)nc1. The molecular weight excluding hydrogens is 390 g/mol. The minimum absolute atomic E-state index is 0.0865. The summed E-state index contributed by atoms with van der Waals surface area (Å²) in [6.07, 6.45) is 1.18. The van der Waals surface area contributed by atoms with Crippen LogP contribution in [-0.2, 0) is 4.74 Å². The second kappa shape index (κ2) is 7.02. The van der Waals surface area contributed by atoms with E-state index in [1.165, 1.54) is 18.7 Å². The van der Waals surface area contributed by atoms with Crippen LogP contribution in [-0.4, -0.2) is 60.4 Å². The van der Waals surface area contributed by atoms with E-state index >= 15 is 0 Å². The predicted octanol–water partition coefficient (Wildman–Crippen LogP) is 2.69. The van der Waals surface area contributed by atoms with Crippen LogP contribution < -0.4 is 20.4 Å². The smallest absolute Gasteiger partial charge is 0.265 e. The van der Waals surface area contributed by atoms with Gasteiger partial charge in [-0.2, -0.15) is 0 Å². The van der Waals surface area contributed by atoms with E-state index in [1.807, 2.05) is 6.07 Å². The number of alkyl halides is 2. The van der Waals surface area contributed by atoms with E-state index in [0.29, 0.717) is 29.8 Å². The van der Waals surface area contributed by atoms with Crippen LogP contribution in [0.25, 0.3) is 0 Å². The molecule has 0 aliphatic carbocycles. The Morgan fingerprint density at radius 1 is 1.10 bits per heavy atom. The van der Waals surface area contributed by atoms with Gasteiger partial charge in [0.2, 0.25) is 0 Å². The van der Waals surface area contributed by atoms with Gasteiger partial charge in [-0.25, -0.2) is 18.7 Å². The highest BCUT2D eigenvalue weighted by Gasteiger charge is 2.41. The highest BCUT2D eigenvalue weighted by Crippen LogP contribution is 2.37. The first-order valence-electron chi connectivity index (χ1n) is 10.5. The van der Waals surface area contributed by atoms with Crippen molar-refractivity contribution < 1.29 is 13.5 Å². The molecule has 0 radical (unpaired) electrons. The maximum absolute atomic E-state index is 12.8. The Labute approximate surface area is 173 Å². The third kappa shape index (κ3) is 3.16. The number of nitrogens with zero attached hydrogens (tertiary/aromatic N) is 4. The van der Waals surface area contributed by atoms with Gasteiger partial charge < -0.3 is 25.2 Å². The Bertz CT molecular complexity index is 895. The summed E-state index contributed by atoms with van der Waals surface area (Å²) in [6.45, 7) is 3.60. The number of rotatable bonds is 5. The summed E-state index contributed by atoms with van der Waals surface area (Å²) in [7, 11) is 0. The maximum atomic E-state index is 12.8. The molecule has 9 heteroatoms. The summed E-state index contributed by atoms with van der Waals surface area (Å²) in [5.41, 5.74) is 1.06. The van der Waals surface area contributed by atoms with Crippen molar-refractivity contribution in [3.63, 3.8) is 0 Å². The third-order valence-corrected chi connectivity index (χ3v) is 6.67. The standard InChI is InChI=1S/C21H24F2N6O/c22-21(23)12-1-2-18(25-7-12)26-19-5-14(28-9-13-3-15(28)8-24-13)6-20(27-19)29-10-17-4-16(29)11-30-17/h1-2,5-7,13,15-17,21,24H,3-4,8-11H2,(H,25,26,27). The molecular formula is C21H24F2N6O. The van der Waals surface area contributed by atoms with E-state index in [1.54, 1.807) is 6.07 Å². The number of piperazine rings is 1. The summed E-state index contributed by atoms with van der Waals surface area (Å²) in [6, 6.07) is 8.60. The third-order valence-electron chi connectivity index (χ3n) is 6.67. The normalized spacial score (nSPS) is 29.4. The van der Waals surface area contributed by atoms with Crippen molar-refractivity contribution in [2.45, 2.75) is 43.5 Å². The lowest BCUT2D eigenvalue weighted by molar-refractivity contribution is 0.0989. The number of hydrogen-bond acceptors (Lipinski definition) is 7. The lowest BCUT2D eigenvalue weighted by atomic mass is 10.2. The van der Waals surface area contributed by atoms with Crippen molar-refractivity contribution in [2.24, 2.45) is 0 Å². The average molecular weight is 414 g/mol. The summed E-state index contributed by atoms with van der Waals surface area (Å²) in [5, 5.41) is 6.76. The van der Waals surface area contributed by atoms with Crippen LogP contribution >= 0.6 is 0 Å². The molecule has 4 atom stereocenters. The number of pyridine rings is 2. The molecule has 4 bridgehead atoms. The quantitative estimate of drug-likeness (QED) is 0.780. The molecule has 6 heterocycles. The first-order valence-corrected chi connectivity index (χ1v) is 10.5. The fraction of sp³-hybridized carbons (Fsp3) is 0.524. The predicted molar refractivity (Wildman–Crippen MR) is 110 cm³/mol. The first-order chi connectivity index (χ1) is 14.6. The Balaban J connectivity index is 1.32. The lowest BCUT2D eigenvalue weighted by Crippen LogP contribution is -2.44. The van der Waals surface area contributed by atoms with E-state index in [0.717, 1.165) is 44.2 Å². The molecule has 2 aromatic rings. The van der Waals surface area contributed by atoms with Gasteiger partial charge in [-0.3, -0.25) is 0 Å². The van der Waals surface area contributed by atoms with Gasteiger partial charge in [0.15, 0.2) is 0 Å². The molecule has 0 aromatic carbocycles. The maximum Gasteiger partial charge on any atom is 0.265 e. The van der Waals surface area contributed by atoms with Gasteiger partial charge >= 0.3 is 0 Å². The Kier molecular flexibility index (Phi) is 4.28. The van der Waals surface area contributed by atoms with Crippen molar-refractivity contribution >= 4 is 23.1 Å². The molecule has 4 aliphatic heterocycles. The van der Waals surface area contributed by atoms with E-state index in [-0.39, 0.29) is 11.7 Å².